The molecular weight excluding hydrogens is 270 g/mol. The van der Waals surface area contributed by atoms with Gasteiger partial charge in [-0.25, -0.2) is 0 Å². The van der Waals surface area contributed by atoms with Crippen molar-refractivity contribution >= 4 is 34.0 Å². The quantitative estimate of drug-likeness (QED) is 0.670. The van der Waals surface area contributed by atoms with Crippen LogP contribution in [0.2, 0.25) is 0 Å². The highest BCUT2D eigenvalue weighted by Gasteiger charge is 2.48. The van der Waals surface area contributed by atoms with Crippen molar-refractivity contribution in [1.82, 2.24) is 4.90 Å². The Balaban J connectivity index is 2.11. The Morgan fingerprint density at radius 1 is 1.44 bits per heavy atom. The van der Waals surface area contributed by atoms with Crippen molar-refractivity contribution in [2.45, 2.75) is 17.2 Å². The molecule has 2 heterocycles. The Morgan fingerprint density at radius 3 is 3.00 bits per heavy atom. The van der Waals surface area contributed by atoms with E-state index in [0.717, 1.165) is 17.3 Å². The number of carbonyl (C=O) groups is 2. The third kappa shape index (κ3) is 1.75. The van der Waals surface area contributed by atoms with Crippen LogP contribution in [-0.2, 0) is 16.0 Å². The minimum atomic E-state index is -1.26. The van der Waals surface area contributed by atoms with Gasteiger partial charge in [0.05, 0.1) is 12.1 Å². The van der Waals surface area contributed by atoms with Crippen LogP contribution in [0.3, 0.4) is 0 Å². The topological polar surface area (TPSA) is 60.4 Å². The van der Waals surface area contributed by atoms with Gasteiger partial charge in [0.15, 0.2) is 0 Å². The second-order valence-corrected chi connectivity index (χ2v) is 7.02. The summed E-state index contributed by atoms with van der Waals surface area (Å²) in [6, 6.07) is 5.46. The molecule has 2 aliphatic heterocycles. The van der Waals surface area contributed by atoms with Gasteiger partial charge in [-0.1, -0.05) is 11.6 Å². The summed E-state index contributed by atoms with van der Waals surface area (Å²) in [5, 5.41) is -0.961. The predicted molar refractivity (Wildman–Crippen MR) is 69.9 cm³/mol. The molecule has 0 N–H and O–H groups in total. The maximum Gasteiger partial charge on any atom is 0.267 e. The number of fused-ring (bicyclic) bond motifs is 2. The van der Waals surface area contributed by atoms with Gasteiger partial charge < -0.3 is 4.55 Å². The molecule has 6 heteroatoms. The SMILES string of the molecule is Cc1ccc2c(c1)C(=O)N1CC[S+]([O-])C1C(=O)S2. The fourth-order valence-corrected chi connectivity index (χ4v) is 4.82. The minimum absolute atomic E-state index is 0.178. The lowest BCUT2D eigenvalue weighted by atomic mass is 10.1. The zero-order valence-corrected chi connectivity index (χ0v) is 11.3. The summed E-state index contributed by atoms with van der Waals surface area (Å²) in [5.74, 6) is 0.215. The van der Waals surface area contributed by atoms with E-state index in [2.05, 4.69) is 0 Å². The summed E-state index contributed by atoms with van der Waals surface area (Å²) in [6.07, 6.45) is 0. The van der Waals surface area contributed by atoms with E-state index in [9.17, 15) is 14.1 Å². The Hall–Kier alpha value is -0.980. The van der Waals surface area contributed by atoms with E-state index in [-0.39, 0.29) is 11.0 Å². The molecule has 2 unspecified atom stereocenters. The van der Waals surface area contributed by atoms with Crippen LogP contribution < -0.4 is 0 Å². The Morgan fingerprint density at radius 2 is 2.22 bits per heavy atom. The number of amides is 1. The molecule has 0 spiro atoms. The highest BCUT2D eigenvalue weighted by Crippen LogP contribution is 2.35. The molecule has 0 radical (unpaired) electrons. The van der Waals surface area contributed by atoms with Gasteiger partial charge in [0.1, 0.15) is 5.75 Å². The molecule has 2 aliphatic rings. The highest BCUT2D eigenvalue weighted by molar-refractivity contribution is 8.15. The largest absolute Gasteiger partial charge is 0.614 e. The molecule has 1 aromatic rings. The Labute approximate surface area is 112 Å². The summed E-state index contributed by atoms with van der Waals surface area (Å²) in [6.45, 7) is 2.31. The maximum atomic E-state index is 12.4. The lowest BCUT2D eigenvalue weighted by molar-refractivity contribution is -0.112. The molecule has 18 heavy (non-hydrogen) atoms. The molecule has 1 amide bonds. The molecule has 94 valence electrons. The average molecular weight is 281 g/mol. The molecule has 1 saturated heterocycles. The van der Waals surface area contributed by atoms with Gasteiger partial charge in [-0.15, -0.1) is 0 Å². The molecule has 0 aliphatic carbocycles. The molecule has 0 bridgehead atoms. The van der Waals surface area contributed by atoms with Gasteiger partial charge in [0.25, 0.3) is 16.4 Å². The molecular formula is C12H11NO3S2. The molecule has 0 saturated carbocycles. The van der Waals surface area contributed by atoms with E-state index < -0.39 is 16.5 Å². The van der Waals surface area contributed by atoms with E-state index in [4.69, 9.17) is 0 Å². The van der Waals surface area contributed by atoms with E-state index >= 15 is 0 Å². The van der Waals surface area contributed by atoms with Crippen molar-refractivity contribution < 1.29 is 14.1 Å². The molecule has 1 aromatic carbocycles. The van der Waals surface area contributed by atoms with E-state index in [1.807, 2.05) is 13.0 Å². The van der Waals surface area contributed by atoms with Crippen LogP contribution in [0.4, 0.5) is 0 Å². The van der Waals surface area contributed by atoms with Crippen LogP contribution >= 0.6 is 11.8 Å². The molecule has 2 atom stereocenters. The van der Waals surface area contributed by atoms with E-state index in [0.29, 0.717) is 22.8 Å². The molecule has 1 fully saturated rings. The van der Waals surface area contributed by atoms with Crippen molar-refractivity contribution in [3.8, 4) is 0 Å². The Kier molecular flexibility index (Phi) is 2.88. The van der Waals surface area contributed by atoms with Crippen molar-refractivity contribution in [3.63, 3.8) is 0 Å². The lowest BCUT2D eigenvalue weighted by Crippen LogP contribution is -2.40. The smallest absolute Gasteiger partial charge is 0.267 e. The van der Waals surface area contributed by atoms with E-state index in [1.54, 1.807) is 12.1 Å². The fourth-order valence-electron chi connectivity index (χ4n) is 2.22. The first-order valence-electron chi connectivity index (χ1n) is 5.58. The normalized spacial score (nSPS) is 26.9. The summed E-state index contributed by atoms with van der Waals surface area (Å²) in [4.78, 5) is 26.6. The van der Waals surface area contributed by atoms with Gasteiger partial charge in [-0.3, -0.25) is 14.5 Å². The Bertz CT molecular complexity index is 546. The monoisotopic (exact) mass is 281 g/mol. The third-order valence-electron chi connectivity index (χ3n) is 3.10. The average Bonchev–Trinajstić information content (AvgIpc) is 2.68. The van der Waals surface area contributed by atoms with Crippen LogP contribution in [0.15, 0.2) is 23.1 Å². The number of benzene rings is 1. The molecule has 0 aromatic heterocycles. The number of hydrogen-bond acceptors (Lipinski definition) is 4. The van der Waals surface area contributed by atoms with Gasteiger partial charge in [0.2, 0.25) is 0 Å². The second-order valence-electron chi connectivity index (χ2n) is 4.36. The van der Waals surface area contributed by atoms with Crippen molar-refractivity contribution in [3.05, 3.63) is 29.3 Å². The summed E-state index contributed by atoms with van der Waals surface area (Å²) >= 11 is -0.229. The van der Waals surface area contributed by atoms with Crippen LogP contribution in [0.5, 0.6) is 0 Å². The molecule has 3 rings (SSSR count). The van der Waals surface area contributed by atoms with Crippen molar-refractivity contribution in [1.29, 1.82) is 0 Å². The van der Waals surface area contributed by atoms with Crippen molar-refractivity contribution in [2.24, 2.45) is 0 Å². The van der Waals surface area contributed by atoms with Crippen LogP contribution in [0.1, 0.15) is 15.9 Å². The number of thioether (sulfide) groups is 1. The standard InChI is InChI=1S/C12H11NO3S2/c1-7-2-3-9-8(6-7)10(14)13-4-5-18(16)11(13)12(15)17-9/h2-3,6,11H,4-5H2,1H3. The first kappa shape index (κ1) is 12.1. The number of hydrogen-bond donors (Lipinski definition) is 0. The number of rotatable bonds is 0. The summed E-state index contributed by atoms with van der Waals surface area (Å²) in [7, 11) is 0. The van der Waals surface area contributed by atoms with Gasteiger partial charge >= 0.3 is 0 Å². The van der Waals surface area contributed by atoms with Gasteiger partial charge in [0, 0.05) is 4.90 Å². The zero-order chi connectivity index (χ0) is 12.9. The maximum absolute atomic E-state index is 12.4. The van der Waals surface area contributed by atoms with Crippen molar-refractivity contribution in [2.75, 3.05) is 12.3 Å². The number of nitrogens with zero attached hydrogens (tertiary/aromatic N) is 1. The zero-order valence-electron chi connectivity index (χ0n) is 9.71. The second kappa shape index (κ2) is 4.29. The van der Waals surface area contributed by atoms with Crippen LogP contribution in [0.25, 0.3) is 0 Å². The first-order chi connectivity index (χ1) is 8.58. The van der Waals surface area contributed by atoms with Crippen LogP contribution in [-0.4, -0.2) is 38.1 Å². The third-order valence-corrected chi connectivity index (χ3v) is 5.81. The summed E-state index contributed by atoms with van der Waals surface area (Å²) < 4.78 is 11.8. The summed E-state index contributed by atoms with van der Waals surface area (Å²) in [5.41, 5.74) is 1.53. The minimum Gasteiger partial charge on any atom is -0.614 e. The fraction of sp³-hybridized carbons (Fsp3) is 0.333. The first-order valence-corrected chi connectivity index (χ1v) is 7.78. The predicted octanol–water partition coefficient (Wildman–Crippen LogP) is 1.16. The van der Waals surface area contributed by atoms with Gasteiger partial charge in [-0.2, -0.15) is 0 Å². The molecule has 4 nitrogen and oxygen atoms in total. The number of aryl methyl sites for hydroxylation is 1. The number of carbonyl (C=O) groups excluding carboxylic acids is 2. The highest BCUT2D eigenvalue weighted by atomic mass is 32.2. The lowest BCUT2D eigenvalue weighted by Gasteiger charge is -2.18. The van der Waals surface area contributed by atoms with Crippen LogP contribution in [0, 0.1) is 6.92 Å². The van der Waals surface area contributed by atoms with Gasteiger partial charge in [-0.05, 0) is 42.0 Å². The van der Waals surface area contributed by atoms with E-state index in [1.165, 1.54) is 4.90 Å².